The third-order valence-electron chi connectivity index (χ3n) is 9.60. The van der Waals surface area contributed by atoms with Crippen LogP contribution in [-0.2, 0) is 32.7 Å². The predicted molar refractivity (Wildman–Crippen MR) is 236 cm³/mol. The third kappa shape index (κ3) is 43.4. The van der Waals surface area contributed by atoms with E-state index in [9.17, 15) is 19.0 Å². The third-order valence-corrected chi connectivity index (χ3v) is 10.6. The molecule has 0 aliphatic heterocycles. The number of quaternary nitrogens is 1. The number of carbonyl (C=O) groups is 2. The van der Waals surface area contributed by atoms with Crippen LogP contribution in [0.5, 0.6) is 0 Å². The van der Waals surface area contributed by atoms with Crippen LogP contribution in [0.3, 0.4) is 0 Å². The Bertz CT molecular complexity index is 1110. The molecule has 0 aliphatic carbocycles. The highest BCUT2D eigenvalue weighted by molar-refractivity contribution is 7.45. The molecule has 2 atom stereocenters. The summed E-state index contributed by atoms with van der Waals surface area (Å²) in [6, 6.07) is 0. The average Bonchev–Trinajstić information content (AvgIpc) is 3.16. The molecular weight excluding hydrogens is 737 g/mol. The highest BCUT2D eigenvalue weighted by Crippen LogP contribution is 2.38. The maximum atomic E-state index is 12.7. The number of esters is 2. The van der Waals surface area contributed by atoms with Gasteiger partial charge in [-0.2, -0.15) is 0 Å². The van der Waals surface area contributed by atoms with Gasteiger partial charge in [0, 0.05) is 12.8 Å². The molecular formula is C47H86NO8P. The van der Waals surface area contributed by atoms with Gasteiger partial charge in [-0.1, -0.05) is 172 Å². The van der Waals surface area contributed by atoms with Crippen LogP contribution in [-0.4, -0.2) is 70.0 Å². The van der Waals surface area contributed by atoms with Crippen LogP contribution >= 0.6 is 7.82 Å². The van der Waals surface area contributed by atoms with E-state index in [0.717, 1.165) is 44.9 Å². The normalized spacial score (nSPS) is 14.0. The van der Waals surface area contributed by atoms with Crippen molar-refractivity contribution in [3.63, 3.8) is 0 Å². The van der Waals surface area contributed by atoms with Gasteiger partial charge < -0.3 is 27.9 Å². The van der Waals surface area contributed by atoms with Gasteiger partial charge in [-0.15, -0.1) is 0 Å². The molecule has 57 heavy (non-hydrogen) atoms. The van der Waals surface area contributed by atoms with Gasteiger partial charge in [-0.05, 0) is 51.4 Å². The molecule has 0 N–H and O–H groups in total. The Balaban J connectivity index is 4.42. The van der Waals surface area contributed by atoms with Crippen molar-refractivity contribution in [3.8, 4) is 0 Å². The van der Waals surface area contributed by atoms with Gasteiger partial charge in [0.25, 0.3) is 7.82 Å². The first-order chi connectivity index (χ1) is 27.5. The molecule has 0 rings (SSSR count). The minimum absolute atomic E-state index is 0.0393. The number of allylic oxidation sites excluding steroid dienone is 8. The fraction of sp³-hybridized carbons (Fsp3) is 0.787. The van der Waals surface area contributed by atoms with Crippen LogP contribution in [0.2, 0.25) is 0 Å². The largest absolute Gasteiger partial charge is 0.756 e. The maximum absolute atomic E-state index is 12.7. The number of hydrogen-bond acceptors (Lipinski definition) is 8. The topological polar surface area (TPSA) is 111 Å². The number of hydrogen-bond donors (Lipinski definition) is 0. The van der Waals surface area contributed by atoms with Crippen molar-refractivity contribution in [2.24, 2.45) is 0 Å². The van der Waals surface area contributed by atoms with Crippen molar-refractivity contribution >= 4 is 19.8 Å². The molecule has 0 amide bonds. The number of unbranched alkanes of at least 4 members (excludes halogenated alkanes) is 19. The monoisotopic (exact) mass is 824 g/mol. The highest BCUT2D eigenvalue weighted by Gasteiger charge is 2.21. The molecule has 0 saturated heterocycles. The summed E-state index contributed by atoms with van der Waals surface area (Å²) >= 11 is 0. The van der Waals surface area contributed by atoms with Crippen LogP contribution in [0.1, 0.15) is 187 Å². The second-order valence-corrected chi connectivity index (χ2v) is 17.8. The van der Waals surface area contributed by atoms with Gasteiger partial charge in [0.2, 0.25) is 0 Å². The van der Waals surface area contributed by atoms with E-state index >= 15 is 0 Å². The number of phosphoric acid groups is 1. The molecule has 0 saturated carbocycles. The Morgan fingerprint density at radius 1 is 0.544 bits per heavy atom. The molecule has 0 radical (unpaired) electrons. The molecule has 10 heteroatoms. The first kappa shape index (κ1) is 55.0. The zero-order chi connectivity index (χ0) is 42.1. The van der Waals surface area contributed by atoms with Crippen LogP contribution in [0, 0.1) is 0 Å². The van der Waals surface area contributed by atoms with E-state index in [2.05, 4.69) is 62.5 Å². The summed E-state index contributed by atoms with van der Waals surface area (Å²) in [4.78, 5) is 37.5. The number of likely N-dealkylation sites (N-methyl/N-ethyl adjacent to an activating group) is 1. The van der Waals surface area contributed by atoms with E-state index in [0.29, 0.717) is 23.9 Å². The fourth-order valence-corrected chi connectivity index (χ4v) is 6.73. The summed E-state index contributed by atoms with van der Waals surface area (Å²) in [5.74, 6) is -0.897. The SMILES string of the molecule is CCCCC/C=C/C/C=C/C/C=C/C/C=C/CCCC(=O)OC[C@H](COP(=O)([O-])OCC[N+](C)(C)C)OC(=O)CCCCCCCCCCCCCCCCCC. The van der Waals surface area contributed by atoms with Crippen molar-refractivity contribution in [1.29, 1.82) is 0 Å². The molecule has 0 aliphatic rings. The van der Waals surface area contributed by atoms with Gasteiger partial charge in [0.05, 0.1) is 27.7 Å². The molecule has 0 spiro atoms. The first-order valence-electron chi connectivity index (χ1n) is 22.8. The Labute approximate surface area is 350 Å². The van der Waals surface area contributed by atoms with Crippen molar-refractivity contribution in [2.75, 3.05) is 47.5 Å². The molecule has 9 nitrogen and oxygen atoms in total. The lowest BCUT2D eigenvalue weighted by Gasteiger charge is -2.28. The van der Waals surface area contributed by atoms with E-state index in [4.69, 9.17) is 18.5 Å². The number of nitrogens with zero attached hydrogens (tertiary/aromatic N) is 1. The van der Waals surface area contributed by atoms with Gasteiger partial charge in [-0.3, -0.25) is 14.2 Å². The molecule has 0 bridgehead atoms. The van der Waals surface area contributed by atoms with Crippen LogP contribution in [0.25, 0.3) is 0 Å². The number of ether oxygens (including phenoxy) is 2. The summed E-state index contributed by atoms with van der Waals surface area (Å²) < 4.78 is 33.9. The van der Waals surface area contributed by atoms with E-state index in [1.54, 1.807) is 0 Å². The zero-order valence-electron chi connectivity index (χ0n) is 37.3. The van der Waals surface area contributed by atoms with Gasteiger partial charge in [-0.25, -0.2) is 0 Å². The van der Waals surface area contributed by atoms with Crippen LogP contribution in [0.4, 0.5) is 0 Å². The fourth-order valence-electron chi connectivity index (χ4n) is 6.00. The standard InChI is InChI=1S/C47H86NO8P/c1-6-8-10-12-14-16-18-20-22-24-26-27-29-31-33-35-37-39-46(49)53-43-45(44-55-57(51,52)54-42-41-48(3,4)5)56-47(50)40-38-36-34-32-30-28-25-23-21-19-17-15-13-11-9-7-2/h14,16,20,22,26-27,31,33,45H,6-13,15,17-19,21,23-25,28-30,32,34-44H2,1-5H3/b16-14+,22-20+,27-26+,33-31+/t45-/m1/s1. The minimum atomic E-state index is -4.64. The number of carbonyl (C=O) groups excluding carboxylic acids is 2. The second-order valence-electron chi connectivity index (χ2n) is 16.4. The molecule has 0 heterocycles. The van der Waals surface area contributed by atoms with E-state index in [1.165, 1.54) is 103 Å². The van der Waals surface area contributed by atoms with Crippen LogP contribution < -0.4 is 4.89 Å². The van der Waals surface area contributed by atoms with Crippen LogP contribution in [0.15, 0.2) is 48.6 Å². The van der Waals surface area contributed by atoms with E-state index in [-0.39, 0.29) is 26.1 Å². The molecule has 0 aromatic heterocycles. The Kier molecular flexibility index (Phi) is 38.0. The lowest BCUT2D eigenvalue weighted by molar-refractivity contribution is -0.870. The quantitative estimate of drug-likeness (QED) is 0.0197. The molecule has 0 aromatic carbocycles. The van der Waals surface area contributed by atoms with E-state index in [1.807, 2.05) is 21.1 Å². The van der Waals surface area contributed by atoms with Crippen molar-refractivity contribution in [1.82, 2.24) is 0 Å². The average molecular weight is 824 g/mol. The lowest BCUT2D eigenvalue weighted by Crippen LogP contribution is -2.37. The molecule has 0 aromatic rings. The summed E-state index contributed by atoms with van der Waals surface area (Å²) in [6.45, 7) is 4.14. The van der Waals surface area contributed by atoms with Gasteiger partial charge in [0.1, 0.15) is 19.8 Å². The highest BCUT2D eigenvalue weighted by atomic mass is 31.2. The van der Waals surface area contributed by atoms with Gasteiger partial charge >= 0.3 is 11.9 Å². The first-order valence-corrected chi connectivity index (χ1v) is 24.3. The summed E-state index contributed by atoms with van der Waals surface area (Å²) in [5, 5.41) is 0. The second kappa shape index (κ2) is 39.4. The Morgan fingerprint density at radius 3 is 1.46 bits per heavy atom. The van der Waals surface area contributed by atoms with Crippen molar-refractivity contribution in [2.45, 2.75) is 193 Å². The Hall–Kier alpha value is -2.03. The zero-order valence-corrected chi connectivity index (χ0v) is 38.2. The van der Waals surface area contributed by atoms with Crippen molar-refractivity contribution < 1.29 is 42.1 Å². The number of phosphoric ester groups is 1. The predicted octanol–water partition coefficient (Wildman–Crippen LogP) is 12.4. The van der Waals surface area contributed by atoms with Gasteiger partial charge in [0.15, 0.2) is 6.10 Å². The molecule has 1 unspecified atom stereocenters. The maximum Gasteiger partial charge on any atom is 0.306 e. The smallest absolute Gasteiger partial charge is 0.306 e. The molecule has 332 valence electrons. The summed E-state index contributed by atoms with van der Waals surface area (Å²) in [6.07, 6.45) is 45.7. The van der Waals surface area contributed by atoms with E-state index < -0.39 is 32.5 Å². The van der Waals surface area contributed by atoms with Crippen molar-refractivity contribution in [3.05, 3.63) is 48.6 Å². The lowest BCUT2D eigenvalue weighted by atomic mass is 10.0. The summed E-state index contributed by atoms with van der Waals surface area (Å²) in [7, 11) is 1.14. The molecule has 0 fully saturated rings. The minimum Gasteiger partial charge on any atom is -0.756 e. The number of rotatable bonds is 41. The summed E-state index contributed by atoms with van der Waals surface area (Å²) in [5.41, 5.74) is 0. The Morgan fingerprint density at radius 2 is 0.965 bits per heavy atom.